The Morgan fingerprint density at radius 3 is 2.65 bits per heavy atom. The van der Waals surface area contributed by atoms with Crippen molar-refractivity contribution >= 4 is 21.4 Å². The summed E-state index contributed by atoms with van der Waals surface area (Å²) >= 11 is 0. The van der Waals surface area contributed by atoms with Gasteiger partial charge in [-0.05, 0) is 32.2 Å². The standard InChI is InChI=1S/C10H17N3O3S/c1-7(14)6-13-9-4-3-8(11)5-10(9)17(15,16)12-2/h3-5,7,12-14H,6,11H2,1-2H3. The van der Waals surface area contributed by atoms with Crippen LogP contribution < -0.4 is 15.8 Å². The average Bonchev–Trinajstić information content (AvgIpc) is 2.27. The zero-order valence-corrected chi connectivity index (χ0v) is 10.6. The normalized spacial score (nSPS) is 13.4. The lowest BCUT2D eigenvalue weighted by Gasteiger charge is -2.13. The van der Waals surface area contributed by atoms with E-state index in [0.717, 1.165) is 0 Å². The molecule has 0 bridgehead atoms. The fourth-order valence-electron chi connectivity index (χ4n) is 1.27. The highest BCUT2D eigenvalue weighted by Crippen LogP contribution is 2.23. The quantitative estimate of drug-likeness (QED) is 0.556. The molecule has 1 rings (SSSR count). The Kier molecular flexibility index (Phi) is 4.33. The van der Waals surface area contributed by atoms with E-state index in [1.54, 1.807) is 19.1 Å². The van der Waals surface area contributed by atoms with Crippen molar-refractivity contribution < 1.29 is 13.5 Å². The zero-order valence-electron chi connectivity index (χ0n) is 9.77. The first-order chi connectivity index (χ1) is 7.86. The number of hydrogen-bond donors (Lipinski definition) is 4. The molecule has 1 atom stereocenters. The second-order valence-corrected chi connectivity index (χ2v) is 5.55. The predicted molar refractivity (Wildman–Crippen MR) is 67.3 cm³/mol. The summed E-state index contributed by atoms with van der Waals surface area (Å²) in [6.45, 7) is 1.87. The van der Waals surface area contributed by atoms with Crippen LogP contribution in [0.25, 0.3) is 0 Å². The molecule has 0 aliphatic carbocycles. The first kappa shape index (κ1) is 13.8. The SMILES string of the molecule is CNS(=O)(=O)c1cc(N)ccc1NCC(C)O. The van der Waals surface area contributed by atoms with E-state index in [1.165, 1.54) is 13.1 Å². The van der Waals surface area contributed by atoms with Gasteiger partial charge in [-0.15, -0.1) is 0 Å². The van der Waals surface area contributed by atoms with Gasteiger partial charge in [-0.2, -0.15) is 0 Å². The number of nitrogens with one attached hydrogen (secondary N) is 2. The number of rotatable bonds is 5. The van der Waals surface area contributed by atoms with E-state index in [4.69, 9.17) is 10.8 Å². The fraction of sp³-hybridized carbons (Fsp3) is 0.400. The van der Waals surface area contributed by atoms with Gasteiger partial charge in [0.05, 0.1) is 11.8 Å². The van der Waals surface area contributed by atoms with E-state index in [1.807, 2.05) is 0 Å². The second-order valence-electron chi connectivity index (χ2n) is 3.69. The van der Waals surface area contributed by atoms with Crippen LogP contribution in [0.15, 0.2) is 23.1 Å². The van der Waals surface area contributed by atoms with Crippen molar-refractivity contribution in [1.82, 2.24) is 4.72 Å². The molecule has 0 aliphatic rings. The number of hydrogen-bond acceptors (Lipinski definition) is 5. The second kappa shape index (κ2) is 5.35. The molecule has 0 aromatic heterocycles. The number of anilines is 2. The van der Waals surface area contributed by atoms with Crippen molar-refractivity contribution in [2.24, 2.45) is 0 Å². The summed E-state index contributed by atoms with van der Waals surface area (Å²) in [5.74, 6) is 0. The minimum absolute atomic E-state index is 0.0700. The van der Waals surface area contributed by atoms with Gasteiger partial charge in [0.15, 0.2) is 0 Å². The number of benzene rings is 1. The summed E-state index contributed by atoms with van der Waals surface area (Å²) in [4.78, 5) is 0.0700. The highest BCUT2D eigenvalue weighted by molar-refractivity contribution is 7.89. The van der Waals surface area contributed by atoms with Crippen LogP contribution in [0.2, 0.25) is 0 Å². The zero-order chi connectivity index (χ0) is 13.1. The smallest absolute Gasteiger partial charge is 0.242 e. The maximum atomic E-state index is 11.7. The van der Waals surface area contributed by atoms with Crippen LogP contribution in [-0.4, -0.2) is 33.2 Å². The van der Waals surface area contributed by atoms with Gasteiger partial charge in [-0.1, -0.05) is 0 Å². The van der Waals surface area contributed by atoms with Crippen molar-refractivity contribution in [3.8, 4) is 0 Å². The molecule has 1 aromatic carbocycles. The third kappa shape index (κ3) is 3.58. The van der Waals surface area contributed by atoms with E-state index in [-0.39, 0.29) is 11.4 Å². The Morgan fingerprint density at radius 2 is 2.12 bits per heavy atom. The Hall–Kier alpha value is -1.31. The van der Waals surface area contributed by atoms with Gasteiger partial charge in [0.2, 0.25) is 10.0 Å². The largest absolute Gasteiger partial charge is 0.399 e. The molecule has 0 radical (unpaired) electrons. The molecule has 0 aliphatic heterocycles. The van der Waals surface area contributed by atoms with Crippen LogP contribution >= 0.6 is 0 Å². The van der Waals surface area contributed by atoms with Gasteiger partial charge in [0.1, 0.15) is 4.90 Å². The molecular weight excluding hydrogens is 242 g/mol. The summed E-state index contributed by atoms with van der Waals surface area (Å²) < 4.78 is 25.7. The average molecular weight is 259 g/mol. The van der Waals surface area contributed by atoms with Crippen LogP contribution in [0, 0.1) is 0 Å². The molecule has 1 aromatic rings. The molecule has 17 heavy (non-hydrogen) atoms. The van der Waals surface area contributed by atoms with E-state index in [9.17, 15) is 8.42 Å². The molecule has 0 saturated heterocycles. The van der Waals surface area contributed by atoms with E-state index in [2.05, 4.69) is 10.0 Å². The van der Waals surface area contributed by atoms with Crippen LogP contribution in [0.5, 0.6) is 0 Å². The van der Waals surface area contributed by atoms with Crippen LogP contribution in [0.3, 0.4) is 0 Å². The van der Waals surface area contributed by atoms with Crippen molar-refractivity contribution in [3.05, 3.63) is 18.2 Å². The highest BCUT2D eigenvalue weighted by atomic mass is 32.2. The van der Waals surface area contributed by atoms with Crippen LogP contribution in [0.1, 0.15) is 6.92 Å². The third-order valence-corrected chi connectivity index (χ3v) is 3.61. The number of nitrogens with two attached hydrogens (primary N) is 1. The summed E-state index contributed by atoms with van der Waals surface area (Å²) in [7, 11) is -2.24. The van der Waals surface area contributed by atoms with Crippen molar-refractivity contribution in [1.29, 1.82) is 0 Å². The lowest BCUT2D eigenvalue weighted by molar-refractivity contribution is 0.208. The third-order valence-electron chi connectivity index (χ3n) is 2.15. The lowest BCUT2D eigenvalue weighted by Crippen LogP contribution is -2.22. The fourth-order valence-corrected chi connectivity index (χ4v) is 2.22. The maximum Gasteiger partial charge on any atom is 0.242 e. The summed E-state index contributed by atoms with van der Waals surface area (Å²) in [6.07, 6.45) is -0.572. The minimum atomic E-state index is -3.57. The van der Waals surface area contributed by atoms with Crippen molar-refractivity contribution in [2.45, 2.75) is 17.9 Å². The topological polar surface area (TPSA) is 104 Å². The molecule has 0 saturated carbocycles. The van der Waals surface area contributed by atoms with Gasteiger partial charge < -0.3 is 16.2 Å². The number of nitrogen functional groups attached to an aromatic ring is 1. The monoisotopic (exact) mass is 259 g/mol. The molecule has 1 unspecified atom stereocenters. The van der Waals surface area contributed by atoms with E-state index < -0.39 is 16.1 Å². The summed E-state index contributed by atoms with van der Waals surface area (Å²) in [5.41, 5.74) is 6.34. The Labute approximate surface area is 101 Å². The van der Waals surface area contributed by atoms with Crippen LogP contribution in [-0.2, 0) is 10.0 Å². The van der Waals surface area contributed by atoms with Gasteiger partial charge in [-0.3, -0.25) is 0 Å². The predicted octanol–water partition coefficient (Wildman–Crippen LogP) is -0.0304. The number of aliphatic hydroxyl groups excluding tert-OH is 1. The van der Waals surface area contributed by atoms with Crippen molar-refractivity contribution in [2.75, 3.05) is 24.6 Å². The van der Waals surface area contributed by atoms with Gasteiger partial charge in [0.25, 0.3) is 0 Å². The Bertz CT molecular complexity index is 486. The summed E-state index contributed by atoms with van der Waals surface area (Å²) in [5, 5.41) is 12.0. The first-order valence-corrected chi connectivity index (χ1v) is 6.60. The van der Waals surface area contributed by atoms with E-state index >= 15 is 0 Å². The molecule has 6 nitrogen and oxygen atoms in total. The van der Waals surface area contributed by atoms with Crippen LogP contribution in [0.4, 0.5) is 11.4 Å². The molecule has 0 spiro atoms. The Morgan fingerprint density at radius 1 is 1.47 bits per heavy atom. The molecule has 5 N–H and O–H groups in total. The lowest BCUT2D eigenvalue weighted by atomic mass is 10.2. The first-order valence-electron chi connectivity index (χ1n) is 5.12. The van der Waals surface area contributed by atoms with Gasteiger partial charge >= 0.3 is 0 Å². The van der Waals surface area contributed by atoms with Gasteiger partial charge in [0, 0.05) is 12.2 Å². The molecule has 0 amide bonds. The molecular formula is C10H17N3O3S. The highest BCUT2D eigenvalue weighted by Gasteiger charge is 2.17. The Balaban J connectivity index is 3.13. The van der Waals surface area contributed by atoms with E-state index in [0.29, 0.717) is 11.4 Å². The molecule has 7 heteroatoms. The number of sulfonamides is 1. The molecule has 0 fully saturated rings. The number of aliphatic hydroxyl groups is 1. The minimum Gasteiger partial charge on any atom is -0.399 e. The molecule has 0 heterocycles. The molecule has 96 valence electrons. The van der Waals surface area contributed by atoms with Crippen molar-refractivity contribution in [3.63, 3.8) is 0 Å². The maximum absolute atomic E-state index is 11.7. The summed E-state index contributed by atoms with van der Waals surface area (Å²) in [6, 6.07) is 4.54. The van der Waals surface area contributed by atoms with Gasteiger partial charge in [-0.25, -0.2) is 13.1 Å².